The highest BCUT2D eigenvalue weighted by atomic mass is 15.3. The number of fused-ring (bicyclic) bond motifs is 7. The molecule has 21 aromatic rings. The summed E-state index contributed by atoms with van der Waals surface area (Å²) in [6, 6.07) is 93.4. The van der Waals surface area contributed by atoms with Crippen molar-refractivity contribution in [2.45, 2.75) is 12.0 Å². The number of hydrogen-bond acceptors (Lipinski definition) is 7. The van der Waals surface area contributed by atoms with Crippen LogP contribution in [0.4, 0.5) is 11.6 Å². The first-order valence-electron chi connectivity index (χ1n) is 33.0. The van der Waals surface area contributed by atoms with Gasteiger partial charge in [-0.1, -0.05) is 218 Å². The largest absolute Gasteiger partial charge is 0.302 e. The van der Waals surface area contributed by atoms with E-state index in [0.29, 0.717) is 35.2 Å². The van der Waals surface area contributed by atoms with Crippen molar-refractivity contribution in [1.82, 2.24) is 34.5 Å². The van der Waals surface area contributed by atoms with Crippen LogP contribution in [0.3, 0.4) is 0 Å². The van der Waals surface area contributed by atoms with E-state index in [0.717, 1.165) is 98.4 Å². The molecule has 1 aliphatic heterocycles. The lowest BCUT2D eigenvalue weighted by Crippen LogP contribution is -2.30. The van der Waals surface area contributed by atoms with Gasteiger partial charge < -0.3 is 4.90 Å². The Bertz CT molecular complexity index is 6470. The minimum absolute atomic E-state index is 0.128. The van der Waals surface area contributed by atoms with Crippen LogP contribution >= 0.6 is 0 Å². The summed E-state index contributed by atoms with van der Waals surface area (Å²) in [5, 5.41) is 31.2. The van der Waals surface area contributed by atoms with Crippen molar-refractivity contribution in [2.75, 3.05) is 4.90 Å². The Hall–Kier alpha value is -12.8. The molecule has 2 aliphatic rings. The Balaban J connectivity index is 0.770. The van der Waals surface area contributed by atoms with Gasteiger partial charge in [0.1, 0.15) is 0 Å². The van der Waals surface area contributed by atoms with Gasteiger partial charge >= 0.3 is 0 Å². The van der Waals surface area contributed by atoms with E-state index in [9.17, 15) is 0 Å². The van der Waals surface area contributed by atoms with E-state index in [1.807, 2.05) is 0 Å². The topological polar surface area (TPSA) is 85.5 Å². The lowest BCUT2D eigenvalue weighted by Gasteiger charge is -2.27. The summed E-state index contributed by atoms with van der Waals surface area (Å²) >= 11 is 0. The van der Waals surface area contributed by atoms with Gasteiger partial charge in [-0.2, -0.15) is 19.9 Å². The van der Waals surface area contributed by atoms with Crippen LogP contribution in [-0.4, -0.2) is 40.5 Å². The molecule has 0 bridgehead atoms. The zero-order chi connectivity index (χ0) is 62.2. The number of hydrogen-bond donors (Lipinski definition) is 0. The maximum absolute atomic E-state index is 5.71. The zero-order valence-electron chi connectivity index (χ0n) is 51.3. The molecule has 1 aliphatic carbocycles. The number of para-hydroxylation sites is 1. The van der Waals surface area contributed by atoms with E-state index >= 15 is 0 Å². The van der Waals surface area contributed by atoms with Crippen LogP contribution < -0.4 is 4.90 Å². The average molecular weight is 1220 g/mol. The van der Waals surface area contributed by atoms with E-state index in [1.165, 1.54) is 86.2 Å². The van der Waals surface area contributed by atoms with Gasteiger partial charge in [0.15, 0.2) is 23.3 Å². The summed E-state index contributed by atoms with van der Waals surface area (Å²) in [5.41, 5.74) is 7.82. The molecule has 8 nitrogen and oxygen atoms in total. The summed E-state index contributed by atoms with van der Waals surface area (Å²) in [5.74, 6) is 3.35. The van der Waals surface area contributed by atoms with E-state index in [4.69, 9.17) is 29.9 Å². The van der Waals surface area contributed by atoms with E-state index < -0.39 is 0 Å². The molecule has 2 atom stereocenters. The highest BCUT2D eigenvalue weighted by Gasteiger charge is 2.42. The fraction of sp³-hybridized carbons (Fsp3) is 0.0227. The lowest BCUT2D eigenvalue weighted by molar-refractivity contribution is 0.729. The number of nitrogens with zero attached hydrogens (tertiary/aromatic N) is 8. The molecule has 3 aromatic heterocycles. The maximum Gasteiger partial charge on any atom is 0.238 e. The molecular formula is C88H48N8. The van der Waals surface area contributed by atoms with Crippen LogP contribution in [0.2, 0.25) is 0 Å². The molecule has 18 aromatic carbocycles. The molecule has 8 heteroatoms. The predicted molar refractivity (Wildman–Crippen MR) is 398 cm³/mol. The average Bonchev–Trinajstić information content (AvgIpc) is 1.54. The van der Waals surface area contributed by atoms with Crippen LogP contribution in [0.5, 0.6) is 0 Å². The van der Waals surface area contributed by atoms with Crippen LogP contribution in [0, 0.1) is 0 Å². The molecule has 440 valence electrons. The third kappa shape index (κ3) is 6.95. The summed E-state index contributed by atoms with van der Waals surface area (Å²) in [6.45, 7) is 0. The van der Waals surface area contributed by atoms with Crippen molar-refractivity contribution in [1.29, 1.82) is 0 Å². The van der Waals surface area contributed by atoms with Gasteiger partial charge in [0.05, 0.1) is 22.8 Å². The predicted octanol–water partition coefficient (Wildman–Crippen LogP) is 22.1. The molecule has 4 heterocycles. The van der Waals surface area contributed by atoms with Crippen LogP contribution in [0.25, 0.3) is 203 Å². The molecule has 0 radical (unpaired) electrons. The summed E-state index contributed by atoms with van der Waals surface area (Å²) < 4.78 is 2.32. The lowest BCUT2D eigenvalue weighted by atomic mass is 9.90. The Morgan fingerprint density at radius 3 is 0.958 bits per heavy atom. The van der Waals surface area contributed by atoms with Crippen LogP contribution in [-0.2, 0) is 0 Å². The first-order valence-corrected chi connectivity index (χ1v) is 33.0. The molecule has 96 heavy (non-hydrogen) atoms. The van der Waals surface area contributed by atoms with Gasteiger partial charge in [-0.3, -0.25) is 4.57 Å². The fourth-order valence-corrected chi connectivity index (χ4v) is 17.3. The van der Waals surface area contributed by atoms with Gasteiger partial charge in [0, 0.05) is 44.5 Å². The quantitative estimate of drug-likeness (QED) is 0.153. The molecular weight excluding hydrogens is 1170 g/mol. The fourth-order valence-electron chi connectivity index (χ4n) is 17.3. The van der Waals surface area contributed by atoms with E-state index in [2.05, 4.69) is 289 Å². The molecule has 0 spiro atoms. The molecule has 23 rings (SSSR count). The van der Waals surface area contributed by atoms with Gasteiger partial charge in [0.25, 0.3) is 0 Å². The molecule has 0 fully saturated rings. The monoisotopic (exact) mass is 1220 g/mol. The number of rotatable bonds is 6. The van der Waals surface area contributed by atoms with Crippen molar-refractivity contribution in [3.8, 4) is 51.5 Å². The summed E-state index contributed by atoms with van der Waals surface area (Å²) in [7, 11) is 0. The minimum atomic E-state index is -0.205. The highest BCUT2D eigenvalue weighted by molar-refractivity contribution is 6.27. The Kier molecular flexibility index (Phi) is 9.79. The Labute approximate surface area is 547 Å². The van der Waals surface area contributed by atoms with Crippen LogP contribution in [0.1, 0.15) is 11.5 Å². The second-order valence-electron chi connectivity index (χ2n) is 26.5. The van der Waals surface area contributed by atoms with E-state index in [1.54, 1.807) is 0 Å². The second kappa shape index (κ2) is 18.5. The number of benzene rings is 18. The summed E-state index contributed by atoms with van der Waals surface area (Å²) in [6.07, 6.45) is 9.02. The first kappa shape index (κ1) is 50.8. The first-order chi connectivity index (χ1) is 47.5. The number of allylic oxidation sites excluding steroid dienone is 2. The smallest absolute Gasteiger partial charge is 0.238 e. The highest BCUT2D eigenvalue weighted by Crippen LogP contribution is 2.53. The second-order valence-corrected chi connectivity index (χ2v) is 26.5. The van der Waals surface area contributed by atoms with Gasteiger partial charge in [-0.15, -0.1) is 0 Å². The SMILES string of the molecule is C1=CC2c3c(ccc4c5ccccc5n(-c5nc(-c6cc7ccc8cccc9ccc(c6)c7c89)nc(-c6cc7ccc8cccc9ccc(c6)c7c89)n5)c34)N(c3nc(-c4cc5ccc6cccc7ccc(c4)c5c67)nc(-c4cc5ccc6cccc7ccc(c4)c5c67)n3)C2C=C1. The molecule has 2 unspecified atom stereocenters. The standard InChI is InChI=1S/C88H48N8/c1-3-19-70-67(17-1)68-37-38-72-81(82(68)96(70)88-93-85(65-43-59-33-25-51-13-7-14-52-26-34-60(44-65)79(59)75(51)52)90-86(94-88)66-45-61-35-27-53-15-8-16-54-28-36-62(46-66)80(61)76(53)54)69-18-2-4-20-71(69)95(72)87-91-83(63-39-55-29-21-47-9-5-10-48-22-30-56(40-63)77(55)73(47)48)89-84(92-87)64-41-57-31-23-49-11-6-12-50-24-32-58(42-64)78(57)74(49)50/h1-46,69,71H. The van der Waals surface area contributed by atoms with E-state index in [-0.39, 0.29) is 12.0 Å². The van der Waals surface area contributed by atoms with Crippen molar-refractivity contribution >= 4 is 163 Å². The zero-order valence-corrected chi connectivity index (χ0v) is 51.3. The number of anilines is 2. The minimum Gasteiger partial charge on any atom is -0.302 e. The van der Waals surface area contributed by atoms with Crippen molar-refractivity contribution < 1.29 is 0 Å². The Morgan fingerprint density at radius 2 is 0.583 bits per heavy atom. The third-order valence-electron chi connectivity index (χ3n) is 21.4. The molecule has 0 saturated carbocycles. The third-order valence-corrected chi connectivity index (χ3v) is 21.4. The molecule has 0 saturated heterocycles. The van der Waals surface area contributed by atoms with Crippen molar-refractivity contribution in [2.24, 2.45) is 0 Å². The number of aromatic nitrogens is 7. The maximum atomic E-state index is 5.71. The summed E-state index contributed by atoms with van der Waals surface area (Å²) in [4.78, 5) is 36.3. The normalized spacial score (nSPS) is 15.0. The van der Waals surface area contributed by atoms with Crippen LogP contribution in [0.15, 0.2) is 279 Å². The van der Waals surface area contributed by atoms with Gasteiger partial charge in [-0.25, -0.2) is 9.97 Å². The van der Waals surface area contributed by atoms with Gasteiger partial charge in [0.2, 0.25) is 11.9 Å². The molecule has 0 N–H and O–H groups in total. The Morgan fingerprint density at radius 1 is 0.260 bits per heavy atom. The molecule has 0 amide bonds. The van der Waals surface area contributed by atoms with Crippen molar-refractivity contribution in [3.63, 3.8) is 0 Å². The van der Waals surface area contributed by atoms with Gasteiger partial charge in [-0.05, 0) is 190 Å². The van der Waals surface area contributed by atoms with Crippen molar-refractivity contribution in [3.05, 3.63) is 285 Å².